The number of hydrogen-bond donors (Lipinski definition) is 0. The number of esters is 2. The first-order valence-electron chi connectivity index (χ1n) is 12.9. The molecule has 1 unspecified atom stereocenters. The summed E-state index contributed by atoms with van der Waals surface area (Å²) in [6.07, 6.45) is 1.71. The van der Waals surface area contributed by atoms with Crippen LogP contribution in [0.4, 0.5) is 0 Å². The summed E-state index contributed by atoms with van der Waals surface area (Å²) in [7, 11) is 4.51. The number of aromatic nitrogens is 1. The van der Waals surface area contributed by atoms with Crippen LogP contribution in [0, 0.1) is 5.92 Å². The van der Waals surface area contributed by atoms with Gasteiger partial charge in [-0.3, -0.25) is 14.2 Å². The lowest BCUT2D eigenvalue weighted by atomic mass is 9.95. The monoisotopic (exact) mass is 580 g/mol. The van der Waals surface area contributed by atoms with Crippen molar-refractivity contribution in [2.24, 2.45) is 10.9 Å². The zero-order valence-corrected chi connectivity index (χ0v) is 24.8. The van der Waals surface area contributed by atoms with Crippen molar-refractivity contribution in [3.05, 3.63) is 78.5 Å². The van der Waals surface area contributed by atoms with E-state index in [1.807, 2.05) is 19.9 Å². The van der Waals surface area contributed by atoms with Crippen molar-refractivity contribution in [1.29, 1.82) is 0 Å². The molecule has 0 bridgehead atoms. The number of ether oxygens (including phenoxy) is 5. The van der Waals surface area contributed by atoms with Crippen molar-refractivity contribution < 1.29 is 33.3 Å². The Balaban J connectivity index is 1.95. The van der Waals surface area contributed by atoms with E-state index in [0.29, 0.717) is 37.7 Å². The molecular weight excluding hydrogens is 548 g/mol. The van der Waals surface area contributed by atoms with Crippen LogP contribution in [-0.4, -0.2) is 44.4 Å². The molecule has 0 saturated carbocycles. The van der Waals surface area contributed by atoms with Crippen LogP contribution < -0.4 is 33.8 Å². The molecule has 0 N–H and O–H groups in total. The largest absolute Gasteiger partial charge is 0.493 e. The van der Waals surface area contributed by atoms with Crippen LogP contribution in [0.5, 0.6) is 23.0 Å². The van der Waals surface area contributed by atoms with Crippen molar-refractivity contribution in [3.63, 3.8) is 0 Å². The third-order valence-corrected chi connectivity index (χ3v) is 7.25. The van der Waals surface area contributed by atoms with Gasteiger partial charge in [0.2, 0.25) is 0 Å². The van der Waals surface area contributed by atoms with E-state index in [1.165, 1.54) is 37.0 Å². The lowest BCUT2D eigenvalue weighted by molar-refractivity contribution is -0.140. The minimum absolute atomic E-state index is 0.112. The number of thiazole rings is 1. The number of para-hydroxylation sites is 1. The van der Waals surface area contributed by atoms with E-state index in [0.717, 1.165) is 0 Å². The average molecular weight is 581 g/mol. The Morgan fingerprint density at radius 1 is 1.05 bits per heavy atom. The van der Waals surface area contributed by atoms with Gasteiger partial charge in [0.1, 0.15) is 0 Å². The second-order valence-electron chi connectivity index (χ2n) is 9.66. The molecule has 2 heterocycles. The maximum atomic E-state index is 14.0. The number of hydrogen-bond acceptors (Lipinski definition) is 10. The molecule has 1 aliphatic rings. The SMILES string of the molecule is COc1cc(C2C(C(=O)OCC(C)C)=C(C)N=c3sc(=Cc4cccc(OC)c4OC)c(=O)n32)ccc1OC(C)=O. The molecule has 0 radical (unpaired) electrons. The maximum absolute atomic E-state index is 14.0. The second-order valence-corrected chi connectivity index (χ2v) is 10.7. The highest BCUT2D eigenvalue weighted by molar-refractivity contribution is 7.07. The summed E-state index contributed by atoms with van der Waals surface area (Å²) in [6, 6.07) is 9.40. The molecule has 1 aromatic heterocycles. The molecule has 0 aliphatic carbocycles. The van der Waals surface area contributed by atoms with Gasteiger partial charge in [-0.25, -0.2) is 9.79 Å². The number of rotatable bonds is 9. The summed E-state index contributed by atoms with van der Waals surface area (Å²) in [5.74, 6) is 0.523. The Hall–Kier alpha value is -4.38. The van der Waals surface area contributed by atoms with Gasteiger partial charge in [0.15, 0.2) is 27.8 Å². The summed E-state index contributed by atoms with van der Waals surface area (Å²) in [6.45, 7) is 7.08. The van der Waals surface area contributed by atoms with E-state index in [2.05, 4.69) is 4.99 Å². The quantitative estimate of drug-likeness (QED) is 0.280. The first-order valence-corrected chi connectivity index (χ1v) is 13.7. The molecule has 41 heavy (non-hydrogen) atoms. The van der Waals surface area contributed by atoms with E-state index < -0.39 is 18.0 Å². The van der Waals surface area contributed by atoms with Gasteiger partial charge in [-0.15, -0.1) is 0 Å². The Bertz CT molecular complexity index is 1700. The lowest BCUT2D eigenvalue weighted by Crippen LogP contribution is -2.40. The number of allylic oxidation sites excluding steroid dienone is 1. The Labute approximate surface area is 241 Å². The van der Waals surface area contributed by atoms with Crippen LogP contribution in [-0.2, 0) is 14.3 Å². The normalized spacial score (nSPS) is 14.8. The molecule has 0 amide bonds. The molecule has 10 nitrogen and oxygen atoms in total. The maximum Gasteiger partial charge on any atom is 0.338 e. The molecule has 0 spiro atoms. The molecule has 2 aromatic carbocycles. The van der Waals surface area contributed by atoms with Crippen molar-refractivity contribution in [2.45, 2.75) is 33.7 Å². The standard InChI is InChI=1S/C30H32N2O8S/c1-16(2)15-39-29(35)25-17(3)31-30-32(26(25)19-11-12-21(40-18(4)33)23(13-19)37-6)28(34)24(41-30)14-20-9-8-10-22(36-5)27(20)38-7/h8-14,16,26H,15H2,1-7H3. The number of carbonyl (C=O) groups is 2. The minimum atomic E-state index is -0.874. The molecule has 0 fully saturated rings. The molecule has 1 aliphatic heterocycles. The van der Waals surface area contributed by atoms with Gasteiger partial charge in [0.25, 0.3) is 5.56 Å². The third-order valence-electron chi connectivity index (χ3n) is 6.27. The van der Waals surface area contributed by atoms with Gasteiger partial charge in [-0.1, -0.05) is 43.4 Å². The van der Waals surface area contributed by atoms with Gasteiger partial charge < -0.3 is 23.7 Å². The third kappa shape index (κ3) is 6.04. The Morgan fingerprint density at radius 3 is 2.41 bits per heavy atom. The molecule has 1 atom stereocenters. The topological polar surface area (TPSA) is 115 Å². The Kier molecular flexibility index (Phi) is 8.97. The first kappa shape index (κ1) is 29.6. The van der Waals surface area contributed by atoms with Gasteiger partial charge in [0, 0.05) is 12.5 Å². The van der Waals surface area contributed by atoms with Crippen LogP contribution in [0.2, 0.25) is 0 Å². The zero-order valence-electron chi connectivity index (χ0n) is 24.0. The molecule has 3 aromatic rings. The van der Waals surface area contributed by atoms with Crippen LogP contribution in [0.25, 0.3) is 6.08 Å². The van der Waals surface area contributed by atoms with Crippen LogP contribution in [0.1, 0.15) is 44.9 Å². The smallest absolute Gasteiger partial charge is 0.338 e. The fourth-order valence-electron chi connectivity index (χ4n) is 4.48. The molecule has 216 valence electrons. The highest BCUT2D eigenvalue weighted by Crippen LogP contribution is 2.36. The van der Waals surface area contributed by atoms with Crippen LogP contribution in [0.15, 0.2) is 57.5 Å². The van der Waals surface area contributed by atoms with E-state index in [-0.39, 0.29) is 35.2 Å². The highest BCUT2D eigenvalue weighted by Gasteiger charge is 2.34. The number of methoxy groups -OCH3 is 3. The van der Waals surface area contributed by atoms with Gasteiger partial charge in [0.05, 0.1) is 49.8 Å². The number of carbonyl (C=O) groups excluding carboxylic acids is 2. The van der Waals surface area contributed by atoms with Gasteiger partial charge >= 0.3 is 11.9 Å². The van der Waals surface area contributed by atoms with Gasteiger partial charge in [-0.2, -0.15) is 0 Å². The second kappa shape index (κ2) is 12.4. The average Bonchev–Trinajstić information content (AvgIpc) is 3.24. The predicted molar refractivity (Wildman–Crippen MR) is 153 cm³/mol. The number of fused-ring (bicyclic) bond motifs is 1. The van der Waals surface area contributed by atoms with E-state index in [4.69, 9.17) is 23.7 Å². The highest BCUT2D eigenvalue weighted by atomic mass is 32.1. The van der Waals surface area contributed by atoms with Crippen molar-refractivity contribution in [1.82, 2.24) is 4.57 Å². The summed E-state index contributed by atoms with van der Waals surface area (Å²) in [4.78, 5) is 44.1. The van der Waals surface area contributed by atoms with Crippen LogP contribution in [0.3, 0.4) is 0 Å². The number of benzene rings is 2. The summed E-state index contributed by atoms with van der Waals surface area (Å²) in [5.41, 5.74) is 1.50. The summed E-state index contributed by atoms with van der Waals surface area (Å²) < 4.78 is 29.2. The van der Waals surface area contributed by atoms with Crippen LogP contribution >= 0.6 is 11.3 Å². The number of nitrogens with zero attached hydrogens (tertiary/aromatic N) is 2. The summed E-state index contributed by atoms with van der Waals surface area (Å²) in [5, 5.41) is 0. The lowest BCUT2D eigenvalue weighted by Gasteiger charge is -2.25. The molecular formula is C30H32N2O8S. The Morgan fingerprint density at radius 2 is 1.78 bits per heavy atom. The van der Waals surface area contributed by atoms with Crippen molar-refractivity contribution in [2.75, 3.05) is 27.9 Å². The van der Waals surface area contributed by atoms with Crippen molar-refractivity contribution in [3.8, 4) is 23.0 Å². The van der Waals surface area contributed by atoms with E-state index in [1.54, 1.807) is 50.4 Å². The summed E-state index contributed by atoms with van der Waals surface area (Å²) >= 11 is 1.19. The predicted octanol–water partition coefficient (Wildman–Crippen LogP) is 3.39. The molecule has 4 rings (SSSR count). The molecule has 11 heteroatoms. The van der Waals surface area contributed by atoms with Crippen molar-refractivity contribution >= 4 is 29.4 Å². The van der Waals surface area contributed by atoms with Gasteiger partial charge in [-0.05, 0) is 42.7 Å². The van der Waals surface area contributed by atoms with E-state index >= 15 is 0 Å². The zero-order chi connectivity index (χ0) is 29.8. The first-order chi connectivity index (χ1) is 19.6. The minimum Gasteiger partial charge on any atom is -0.493 e. The van der Waals surface area contributed by atoms with E-state index in [9.17, 15) is 14.4 Å². The fourth-order valence-corrected chi connectivity index (χ4v) is 5.52. The molecule has 0 saturated heterocycles. The fraction of sp³-hybridized carbons (Fsp3) is 0.333.